The van der Waals surface area contributed by atoms with Gasteiger partial charge in [0.15, 0.2) is 5.13 Å². The highest BCUT2D eigenvalue weighted by Crippen LogP contribution is 2.27. The minimum absolute atomic E-state index is 0.130. The van der Waals surface area contributed by atoms with Crippen molar-refractivity contribution in [3.8, 4) is 0 Å². The van der Waals surface area contributed by atoms with Crippen LogP contribution in [0.5, 0.6) is 0 Å². The number of rotatable bonds is 4. The molecule has 1 amide bonds. The van der Waals surface area contributed by atoms with Gasteiger partial charge in [-0.05, 0) is 45.4 Å². The zero-order chi connectivity index (χ0) is 19.1. The average Bonchev–Trinajstić information content (AvgIpc) is 3.22. The fourth-order valence-electron chi connectivity index (χ4n) is 2.63. The smallest absolute Gasteiger partial charge is 0.253 e. The monoisotopic (exact) mass is 398 g/mol. The van der Waals surface area contributed by atoms with Gasteiger partial charge in [0, 0.05) is 11.4 Å². The fourth-order valence-corrected chi connectivity index (χ4v) is 4.25. The summed E-state index contributed by atoms with van der Waals surface area (Å²) in [7, 11) is 0. The molecular formula is C18H18N6OS2. The first kappa shape index (κ1) is 17.9. The van der Waals surface area contributed by atoms with E-state index in [0.717, 1.165) is 27.2 Å². The Kier molecular flexibility index (Phi) is 4.56. The molecule has 1 atom stereocenters. The summed E-state index contributed by atoms with van der Waals surface area (Å²) in [6.45, 7) is 7.79. The molecule has 4 rings (SSSR count). The van der Waals surface area contributed by atoms with Crippen molar-refractivity contribution >= 4 is 50.1 Å². The molecule has 0 saturated carbocycles. The number of aromatic nitrogens is 5. The van der Waals surface area contributed by atoms with Crippen LogP contribution in [-0.4, -0.2) is 35.7 Å². The maximum atomic E-state index is 12.5. The van der Waals surface area contributed by atoms with Crippen molar-refractivity contribution in [2.24, 2.45) is 0 Å². The van der Waals surface area contributed by atoms with Crippen molar-refractivity contribution in [1.29, 1.82) is 0 Å². The molecule has 1 N–H and O–H groups in total. The van der Waals surface area contributed by atoms with Crippen molar-refractivity contribution < 1.29 is 4.79 Å². The largest absolute Gasteiger partial charge is 0.301 e. The first-order chi connectivity index (χ1) is 12.9. The number of anilines is 1. The van der Waals surface area contributed by atoms with Crippen LogP contribution in [-0.2, 0) is 4.79 Å². The Morgan fingerprint density at radius 1 is 1.19 bits per heavy atom. The second kappa shape index (κ2) is 6.90. The van der Waals surface area contributed by atoms with Gasteiger partial charge in [0.05, 0.1) is 15.5 Å². The lowest BCUT2D eigenvalue weighted by molar-refractivity contribution is -0.115. The Labute approximate surface area is 164 Å². The zero-order valence-electron chi connectivity index (χ0n) is 15.3. The highest BCUT2D eigenvalue weighted by Gasteiger charge is 2.20. The predicted molar refractivity (Wildman–Crippen MR) is 109 cm³/mol. The molecule has 0 aliphatic heterocycles. The van der Waals surface area contributed by atoms with Gasteiger partial charge in [0.25, 0.3) is 5.78 Å². The van der Waals surface area contributed by atoms with Gasteiger partial charge in [-0.25, -0.2) is 14.5 Å². The number of benzene rings is 1. The molecular weight excluding hydrogens is 380 g/mol. The molecule has 0 bridgehead atoms. The number of nitrogens with one attached hydrogen (secondary N) is 1. The average molecular weight is 399 g/mol. The summed E-state index contributed by atoms with van der Waals surface area (Å²) in [6.07, 6.45) is 0. The van der Waals surface area contributed by atoms with E-state index >= 15 is 0 Å². The van der Waals surface area contributed by atoms with E-state index in [2.05, 4.69) is 25.4 Å². The van der Waals surface area contributed by atoms with Crippen molar-refractivity contribution in [3.63, 3.8) is 0 Å². The van der Waals surface area contributed by atoms with E-state index in [-0.39, 0.29) is 11.2 Å². The predicted octanol–water partition coefficient (Wildman–Crippen LogP) is 3.78. The maximum Gasteiger partial charge on any atom is 0.253 e. The Hall–Kier alpha value is -2.52. The first-order valence-corrected chi connectivity index (χ1v) is 10.2. The van der Waals surface area contributed by atoms with Gasteiger partial charge in [-0.1, -0.05) is 35.2 Å². The van der Waals surface area contributed by atoms with E-state index in [4.69, 9.17) is 0 Å². The normalized spacial score (nSPS) is 12.6. The van der Waals surface area contributed by atoms with Crippen LogP contribution in [0.4, 0.5) is 5.13 Å². The number of carbonyl (C=O) groups excluding carboxylic acids is 1. The Morgan fingerprint density at radius 2 is 1.96 bits per heavy atom. The van der Waals surface area contributed by atoms with Gasteiger partial charge in [-0.15, -0.1) is 5.10 Å². The Bertz CT molecular complexity index is 1130. The number of nitrogens with zero attached hydrogens (tertiary/aromatic N) is 5. The molecule has 1 aromatic carbocycles. The third-order valence-electron chi connectivity index (χ3n) is 4.42. The van der Waals surface area contributed by atoms with E-state index in [1.165, 1.54) is 23.1 Å². The van der Waals surface area contributed by atoms with Crippen molar-refractivity contribution in [3.05, 3.63) is 41.2 Å². The van der Waals surface area contributed by atoms with Crippen molar-refractivity contribution in [2.75, 3.05) is 5.32 Å². The molecule has 0 aliphatic carbocycles. The Morgan fingerprint density at radius 3 is 2.74 bits per heavy atom. The number of thioether (sulfide) groups is 1. The standard InChI is InChI=1S/C18H18N6OS2/c1-9-10(2)19-16-22-18(23-24(16)11(9)3)26-12(4)15(25)21-17-20-13-7-5-6-8-14(13)27-17/h5-8,12H,1-4H3,(H,20,21,25). The minimum atomic E-state index is -0.364. The SMILES string of the molecule is Cc1nc2nc(SC(C)C(=O)Nc3nc4ccccc4s3)nn2c(C)c1C. The van der Waals surface area contributed by atoms with Crippen LogP contribution in [0.3, 0.4) is 0 Å². The van der Waals surface area contributed by atoms with E-state index in [9.17, 15) is 4.79 Å². The molecule has 0 fully saturated rings. The zero-order valence-corrected chi connectivity index (χ0v) is 17.0. The summed E-state index contributed by atoms with van der Waals surface area (Å²) in [5, 5.41) is 8.14. The van der Waals surface area contributed by atoms with E-state index in [1.807, 2.05) is 52.0 Å². The molecule has 4 aromatic rings. The number of thiazole rings is 1. The van der Waals surface area contributed by atoms with Crippen molar-refractivity contribution in [2.45, 2.75) is 38.1 Å². The van der Waals surface area contributed by atoms with Crippen LogP contribution in [0.25, 0.3) is 16.0 Å². The summed E-state index contributed by atoms with van der Waals surface area (Å²) in [5.74, 6) is 0.423. The molecule has 9 heteroatoms. The molecule has 0 saturated heterocycles. The number of amides is 1. The van der Waals surface area contributed by atoms with Gasteiger partial charge in [0.1, 0.15) is 0 Å². The van der Waals surface area contributed by atoms with Crippen LogP contribution < -0.4 is 5.32 Å². The van der Waals surface area contributed by atoms with Crippen LogP contribution >= 0.6 is 23.1 Å². The molecule has 7 nitrogen and oxygen atoms in total. The molecule has 0 radical (unpaired) electrons. The number of para-hydroxylation sites is 1. The first-order valence-electron chi connectivity index (χ1n) is 8.46. The maximum absolute atomic E-state index is 12.5. The van der Waals surface area contributed by atoms with Gasteiger partial charge < -0.3 is 5.32 Å². The quantitative estimate of drug-likeness (QED) is 0.527. The summed E-state index contributed by atoms with van der Waals surface area (Å²) in [5.41, 5.74) is 3.91. The summed E-state index contributed by atoms with van der Waals surface area (Å²) in [6, 6.07) is 7.81. The van der Waals surface area contributed by atoms with Crippen molar-refractivity contribution in [1.82, 2.24) is 24.6 Å². The number of fused-ring (bicyclic) bond motifs is 2. The molecule has 3 heterocycles. The van der Waals surface area contributed by atoms with Crippen LogP contribution in [0.15, 0.2) is 29.4 Å². The molecule has 3 aromatic heterocycles. The molecule has 0 spiro atoms. The summed E-state index contributed by atoms with van der Waals surface area (Å²) < 4.78 is 2.77. The summed E-state index contributed by atoms with van der Waals surface area (Å²) in [4.78, 5) is 25.9. The topological polar surface area (TPSA) is 85.1 Å². The minimum Gasteiger partial charge on any atom is -0.301 e. The van der Waals surface area contributed by atoms with Gasteiger partial charge >= 0.3 is 0 Å². The Balaban J connectivity index is 1.51. The lowest BCUT2D eigenvalue weighted by Crippen LogP contribution is -2.22. The lowest BCUT2D eigenvalue weighted by atomic mass is 10.2. The second-order valence-electron chi connectivity index (χ2n) is 6.25. The number of hydrogen-bond donors (Lipinski definition) is 1. The van der Waals surface area contributed by atoms with E-state index in [1.54, 1.807) is 4.52 Å². The molecule has 1 unspecified atom stereocenters. The van der Waals surface area contributed by atoms with Gasteiger partial charge in [0.2, 0.25) is 11.1 Å². The molecule has 0 aliphatic rings. The lowest BCUT2D eigenvalue weighted by Gasteiger charge is -2.07. The highest BCUT2D eigenvalue weighted by atomic mass is 32.2. The van der Waals surface area contributed by atoms with Crippen LogP contribution in [0, 0.1) is 20.8 Å². The number of hydrogen-bond acceptors (Lipinski definition) is 7. The summed E-state index contributed by atoms with van der Waals surface area (Å²) >= 11 is 2.77. The number of carbonyl (C=O) groups is 1. The van der Waals surface area contributed by atoms with E-state index in [0.29, 0.717) is 16.1 Å². The fraction of sp³-hybridized carbons (Fsp3) is 0.278. The molecule has 27 heavy (non-hydrogen) atoms. The third-order valence-corrected chi connectivity index (χ3v) is 6.32. The van der Waals surface area contributed by atoms with Crippen LogP contribution in [0.2, 0.25) is 0 Å². The van der Waals surface area contributed by atoms with Gasteiger partial charge in [-0.2, -0.15) is 4.98 Å². The highest BCUT2D eigenvalue weighted by molar-refractivity contribution is 8.00. The number of aryl methyl sites for hydroxylation is 2. The third kappa shape index (κ3) is 3.40. The van der Waals surface area contributed by atoms with E-state index < -0.39 is 0 Å². The second-order valence-corrected chi connectivity index (χ2v) is 8.59. The molecule has 138 valence electrons. The van der Waals surface area contributed by atoms with Crippen LogP contribution in [0.1, 0.15) is 23.9 Å². The van der Waals surface area contributed by atoms with Gasteiger partial charge in [-0.3, -0.25) is 4.79 Å².